The quantitative estimate of drug-likeness (QED) is 0.760. The lowest BCUT2D eigenvalue weighted by atomic mass is 9.99. The van der Waals surface area contributed by atoms with Crippen molar-refractivity contribution in [1.82, 2.24) is 0 Å². The summed E-state index contributed by atoms with van der Waals surface area (Å²) in [5, 5.41) is 10.1. The third-order valence-corrected chi connectivity index (χ3v) is 3.44. The van der Waals surface area contributed by atoms with Gasteiger partial charge in [-0.05, 0) is 55.5 Å². The normalized spacial score (nSPS) is 25.9. The van der Waals surface area contributed by atoms with E-state index < -0.39 is 5.60 Å². The van der Waals surface area contributed by atoms with E-state index in [-0.39, 0.29) is 6.10 Å². The van der Waals surface area contributed by atoms with Gasteiger partial charge >= 0.3 is 0 Å². The fourth-order valence-electron chi connectivity index (χ4n) is 2.40. The molecule has 15 heavy (non-hydrogen) atoms. The summed E-state index contributed by atoms with van der Waals surface area (Å²) >= 11 is 0. The summed E-state index contributed by atoms with van der Waals surface area (Å²) in [6, 6.07) is 4.20. The van der Waals surface area contributed by atoms with Gasteiger partial charge in [0.15, 0.2) is 0 Å². The third kappa shape index (κ3) is 1.36. The largest absolute Gasteiger partial charge is 0.490 e. The van der Waals surface area contributed by atoms with Crippen LogP contribution in [-0.4, -0.2) is 11.2 Å². The van der Waals surface area contributed by atoms with Crippen molar-refractivity contribution in [2.45, 2.75) is 44.8 Å². The van der Waals surface area contributed by atoms with Crippen molar-refractivity contribution in [2.24, 2.45) is 0 Å². The van der Waals surface area contributed by atoms with E-state index in [0.717, 1.165) is 36.1 Å². The van der Waals surface area contributed by atoms with Crippen molar-refractivity contribution in [2.75, 3.05) is 0 Å². The fraction of sp³-hybridized carbons (Fsp3) is 0.538. The van der Waals surface area contributed by atoms with Gasteiger partial charge in [0.1, 0.15) is 11.9 Å². The molecular weight excluding hydrogens is 188 g/mol. The third-order valence-electron chi connectivity index (χ3n) is 3.44. The van der Waals surface area contributed by atoms with Crippen LogP contribution in [0.15, 0.2) is 12.1 Å². The van der Waals surface area contributed by atoms with Crippen molar-refractivity contribution in [3.05, 3.63) is 28.8 Å². The van der Waals surface area contributed by atoms with Gasteiger partial charge in [0.25, 0.3) is 0 Å². The highest BCUT2D eigenvalue weighted by molar-refractivity contribution is 5.49. The molecule has 1 aromatic carbocycles. The van der Waals surface area contributed by atoms with Gasteiger partial charge in [-0.3, -0.25) is 0 Å². The van der Waals surface area contributed by atoms with Crippen LogP contribution in [0.2, 0.25) is 0 Å². The fourth-order valence-corrected chi connectivity index (χ4v) is 2.40. The molecule has 1 fully saturated rings. The van der Waals surface area contributed by atoms with E-state index in [1.165, 1.54) is 5.56 Å². The maximum Gasteiger partial charge on any atom is 0.125 e. The summed E-state index contributed by atoms with van der Waals surface area (Å²) in [4.78, 5) is 0. The van der Waals surface area contributed by atoms with Crippen LogP contribution in [0, 0.1) is 6.92 Å². The van der Waals surface area contributed by atoms with Gasteiger partial charge in [-0.1, -0.05) is 0 Å². The average molecular weight is 204 g/mol. The first-order valence-corrected chi connectivity index (χ1v) is 5.61. The number of aryl methyl sites for hydroxylation is 1. The molecule has 2 nitrogen and oxygen atoms in total. The van der Waals surface area contributed by atoms with E-state index in [1.54, 1.807) is 0 Å². The molecule has 1 aliphatic carbocycles. The van der Waals surface area contributed by atoms with Crippen LogP contribution in [0.3, 0.4) is 0 Å². The van der Waals surface area contributed by atoms with E-state index in [0.29, 0.717) is 0 Å². The number of fused-ring (bicyclic) bond motifs is 1. The van der Waals surface area contributed by atoms with Crippen LogP contribution in [0.5, 0.6) is 5.75 Å². The molecule has 3 rings (SSSR count). The maximum atomic E-state index is 10.1. The molecule has 0 bridgehead atoms. The van der Waals surface area contributed by atoms with Crippen molar-refractivity contribution in [3.63, 3.8) is 0 Å². The predicted octanol–water partition coefficient (Wildman–Crippen LogP) is 2.30. The first-order chi connectivity index (χ1) is 7.08. The van der Waals surface area contributed by atoms with Gasteiger partial charge in [0, 0.05) is 6.42 Å². The molecule has 0 spiro atoms. The topological polar surface area (TPSA) is 29.5 Å². The SMILES string of the molecule is Cc1cc(C2(O)CC2)cc2c1OC(C)C2. The first kappa shape index (κ1) is 9.22. The standard InChI is InChI=1S/C13H16O2/c1-8-5-11(13(14)3-4-13)7-10-6-9(2)15-12(8)10/h5,7,9,14H,3-4,6H2,1-2H3. The smallest absolute Gasteiger partial charge is 0.125 e. The van der Waals surface area contributed by atoms with Crippen LogP contribution in [0.1, 0.15) is 36.5 Å². The first-order valence-electron chi connectivity index (χ1n) is 5.61. The van der Waals surface area contributed by atoms with Crippen molar-refractivity contribution in [1.29, 1.82) is 0 Å². The van der Waals surface area contributed by atoms with E-state index in [4.69, 9.17) is 4.74 Å². The highest BCUT2D eigenvalue weighted by Crippen LogP contribution is 2.47. The Kier molecular flexibility index (Phi) is 1.70. The van der Waals surface area contributed by atoms with Gasteiger partial charge < -0.3 is 9.84 Å². The minimum Gasteiger partial charge on any atom is -0.490 e. The summed E-state index contributed by atoms with van der Waals surface area (Å²) in [7, 11) is 0. The van der Waals surface area contributed by atoms with Gasteiger partial charge in [-0.15, -0.1) is 0 Å². The van der Waals surface area contributed by atoms with Crippen LogP contribution in [-0.2, 0) is 12.0 Å². The highest BCUT2D eigenvalue weighted by atomic mass is 16.5. The molecule has 1 aliphatic heterocycles. The molecule has 80 valence electrons. The van der Waals surface area contributed by atoms with Crippen molar-refractivity contribution >= 4 is 0 Å². The Balaban J connectivity index is 2.08. The highest BCUT2D eigenvalue weighted by Gasteiger charge is 2.43. The molecule has 0 radical (unpaired) electrons. The van der Waals surface area contributed by atoms with E-state index >= 15 is 0 Å². The van der Waals surface area contributed by atoms with Gasteiger partial charge in [0.05, 0.1) is 5.60 Å². The van der Waals surface area contributed by atoms with Gasteiger partial charge in [0.2, 0.25) is 0 Å². The number of hydrogen-bond donors (Lipinski definition) is 1. The lowest BCUT2D eigenvalue weighted by Crippen LogP contribution is -2.05. The van der Waals surface area contributed by atoms with E-state index in [1.807, 2.05) is 0 Å². The zero-order valence-electron chi connectivity index (χ0n) is 9.21. The number of benzene rings is 1. The number of aliphatic hydroxyl groups is 1. The Morgan fingerprint density at radius 3 is 2.80 bits per heavy atom. The number of rotatable bonds is 1. The summed E-state index contributed by atoms with van der Waals surface area (Å²) in [5.74, 6) is 1.04. The molecule has 0 saturated heterocycles. The molecule has 0 aromatic heterocycles. The van der Waals surface area contributed by atoms with Gasteiger partial charge in [-0.25, -0.2) is 0 Å². The Morgan fingerprint density at radius 1 is 1.40 bits per heavy atom. The number of hydrogen-bond acceptors (Lipinski definition) is 2. The Morgan fingerprint density at radius 2 is 2.13 bits per heavy atom. The van der Waals surface area contributed by atoms with Crippen LogP contribution >= 0.6 is 0 Å². The summed E-state index contributed by atoms with van der Waals surface area (Å²) in [6.45, 7) is 4.15. The van der Waals surface area contributed by atoms with E-state index in [2.05, 4.69) is 26.0 Å². The minimum absolute atomic E-state index is 0.280. The maximum absolute atomic E-state index is 10.1. The summed E-state index contributed by atoms with van der Waals surface area (Å²) < 4.78 is 5.74. The second kappa shape index (κ2) is 2.76. The summed E-state index contributed by atoms with van der Waals surface area (Å²) in [6.07, 6.45) is 3.06. The molecule has 1 aromatic rings. The lowest BCUT2D eigenvalue weighted by Gasteiger charge is -2.12. The average Bonchev–Trinajstić information content (AvgIpc) is 2.79. The molecule has 2 aliphatic rings. The van der Waals surface area contributed by atoms with Crippen LogP contribution < -0.4 is 4.74 Å². The van der Waals surface area contributed by atoms with Crippen LogP contribution in [0.25, 0.3) is 0 Å². The predicted molar refractivity (Wildman–Crippen MR) is 58.1 cm³/mol. The number of ether oxygens (including phenoxy) is 1. The minimum atomic E-state index is -0.522. The Labute approximate surface area is 89.9 Å². The van der Waals surface area contributed by atoms with E-state index in [9.17, 15) is 5.11 Å². The molecule has 2 heteroatoms. The van der Waals surface area contributed by atoms with Crippen molar-refractivity contribution in [3.8, 4) is 5.75 Å². The Bertz CT molecular complexity index is 419. The lowest BCUT2D eigenvalue weighted by molar-refractivity contribution is 0.151. The summed E-state index contributed by atoms with van der Waals surface area (Å²) in [5.41, 5.74) is 2.98. The molecule has 1 heterocycles. The molecule has 0 amide bonds. The zero-order valence-corrected chi connectivity index (χ0v) is 9.21. The molecule has 1 atom stereocenters. The monoisotopic (exact) mass is 204 g/mol. The second-order valence-electron chi connectivity index (χ2n) is 4.95. The second-order valence-corrected chi connectivity index (χ2v) is 4.95. The van der Waals surface area contributed by atoms with Gasteiger partial charge in [-0.2, -0.15) is 0 Å². The molecule has 1 unspecified atom stereocenters. The Hall–Kier alpha value is -1.02. The molecule has 1 N–H and O–H groups in total. The van der Waals surface area contributed by atoms with Crippen molar-refractivity contribution < 1.29 is 9.84 Å². The molecular formula is C13H16O2. The van der Waals surface area contributed by atoms with Crippen LogP contribution in [0.4, 0.5) is 0 Å². The zero-order chi connectivity index (χ0) is 10.6. The molecule has 1 saturated carbocycles.